The van der Waals surface area contributed by atoms with Gasteiger partial charge in [-0.1, -0.05) is 53.7 Å². The molecule has 0 amide bonds. The molecular formula is C18H12N2OS. The van der Waals surface area contributed by atoms with Crippen LogP contribution in [0.4, 0.5) is 0 Å². The number of benzene rings is 2. The van der Waals surface area contributed by atoms with Crippen molar-refractivity contribution >= 4 is 11.3 Å². The fourth-order valence-corrected chi connectivity index (χ4v) is 2.93. The van der Waals surface area contributed by atoms with Gasteiger partial charge < -0.3 is 4.52 Å². The Labute approximate surface area is 131 Å². The Morgan fingerprint density at radius 3 is 2.18 bits per heavy atom. The maximum atomic E-state index is 5.37. The van der Waals surface area contributed by atoms with Crippen LogP contribution >= 0.6 is 11.3 Å². The SMILES string of the molecule is c1ccc(-c2ccc(-c3nc(-c4cccs4)no3)cc2)cc1. The van der Waals surface area contributed by atoms with Gasteiger partial charge in [-0.2, -0.15) is 4.98 Å². The van der Waals surface area contributed by atoms with Gasteiger partial charge in [0, 0.05) is 5.56 Å². The van der Waals surface area contributed by atoms with E-state index in [-0.39, 0.29) is 0 Å². The van der Waals surface area contributed by atoms with Gasteiger partial charge in [-0.15, -0.1) is 11.3 Å². The van der Waals surface area contributed by atoms with E-state index >= 15 is 0 Å². The van der Waals surface area contributed by atoms with Crippen LogP contribution in [0.5, 0.6) is 0 Å². The molecule has 4 rings (SSSR count). The number of hydrogen-bond donors (Lipinski definition) is 0. The van der Waals surface area contributed by atoms with Crippen molar-refractivity contribution in [1.29, 1.82) is 0 Å². The highest BCUT2D eigenvalue weighted by Gasteiger charge is 2.11. The van der Waals surface area contributed by atoms with E-state index in [0.717, 1.165) is 10.4 Å². The molecule has 0 aliphatic carbocycles. The molecule has 0 aliphatic heterocycles. The fourth-order valence-electron chi connectivity index (χ4n) is 2.28. The third kappa shape index (κ3) is 2.44. The molecule has 0 unspecified atom stereocenters. The van der Waals surface area contributed by atoms with E-state index in [1.165, 1.54) is 11.1 Å². The maximum Gasteiger partial charge on any atom is 0.258 e. The predicted molar refractivity (Wildman–Crippen MR) is 88.5 cm³/mol. The quantitative estimate of drug-likeness (QED) is 0.526. The molecule has 0 N–H and O–H groups in total. The Morgan fingerprint density at radius 2 is 1.45 bits per heavy atom. The summed E-state index contributed by atoms with van der Waals surface area (Å²) in [5, 5.41) is 6.04. The van der Waals surface area contributed by atoms with Crippen molar-refractivity contribution in [2.45, 2.75) is 0 Å². The average molecular weight is 304 g/mol. The molecule has 3 nitrogen and oxygen atoms in total. The minimum absolute atomic E-state index is 0.544. The number of aromatic nitrogens is 2. The predicted octanol–water partition coefficient (Wildman–Crippen LogP) is 5.13. The summed E-state index contributed by atoms with van der Waals surface area (Å²) in [6, 6.07) is 22.4. The lowest BCUT2D eigenvalue weighted by Crippen LogP contribution is -1.80. The Kier molecular flexibility index (Phi) is 3.29. The van der Waals surface area contributed by atoms with Gasteiger partial charge in [0.2, 0.25) is 5.82 Å². The molecule has 0 radical (unpaired) electrons. The van der Waals surface area contributed by atoms with Gasteiger partial charge in [-0.25, -0.2) is 0 Å². The van der Waals surface area contributed by atoms with Crippen molar-refractivity contribution in [3.8, 4) is 33.3 Å². The van der Waals surface area contributed by atoms with Crippen LogP contribution in [0.25, 0.3) is 33.3 Å². The van der Waals surface area contributed by atoms with Gasteiger partial charge in [0.1, 0.15) is 0 Å². The molecule has 4 heteroatoms. The van der Waals surface area contributed by atoms with Gasteiger partial charge >= 0.3 is 0 Å². The Balaban J connectivity index is 1.64. The second-order valence-corrected chi connectivity index (χ2v) is 5.79. The van der Waals surface area contributed by atoms with E-state index in [1.54, 1.807) is 11.3 Å². The summed E-state index contributed by atoms with van der Waals surface area (Å²) in [5.41, 5.74) is 3.29. The molecule has 4 aromatic rings. The average Bonchev–Trinajstić information content (AvgIpc) is 3.27. The summed E-state index contributed by atoms with van der Waals surface area (Å²) in [6.45, 7) is 0. The first kappa shape index (κ1) is 13.0. The number of nitrogens with zero attached hydrogens (tertiary/aromatic N) is 2. The molecule has 0 saturated carbocycles. The van der Waals surface area contributed by atoms with Gasteiger partial charge in [0.25, 0.3) is 5.89 Å². The van der Waals surface area contributed by atoms with Crippen molar-refractivity contribution in [3.05, 3.63) is 72.1 Å². The van der Waals surface area contributed by atoms with Crippen molar-refractivity contribution in [2.75, 3.05) is 0 Å². The lowest BCUT2D eigenvalue weighted by atomic mass is 10.0. The van der Waals surface area contributed by atoms with E-state index in [9.17, 15) is 0 Å². The van der Waals surface area contributed by atoms with Gasteiger partial charge in [0.15, 0.2) is 0 Å². The second kappa shape index (κ2) is 5.58. The highest BCUT2D eigenvalue weighted by Crippen LogP contribution is 2.27. The topological polar surface area (TPSA) is 38.9 Å². The minimum Gasteiger partial charge on any atom is -0.334 e. The highest BCUT2D eigenvalue weighted by atomic mass is 32.1. The molecule has 2 aromatic carbocycles. The Morgan fingerprint density at radius 1 is 0.727 bits per heavy atom. The van der Waals surface area contributed by atoms with E-state index in [2.05, 4.69) is 34.4 Å². The summed E-state index contributed by atoms with van der Waals surface area (Å²) in [5.74, 6) is 1.18. The number of rotatable bonds is 3. The first-order valence-electron chi connectivity index (χ1n) is 6.93. The molecule has 0 atom stereocenters. The summed E-state index contributed by atoms with van der Waals surface area (Å²) >= 11 is 1.60. The highest BCUT2D eigenvalue weighted by molar-refractivity contribution is 7.13. The molecule has 0 spiro atoms. The monoisotopic (exact) mass is 304 g/mol. The first-order valence-corrected chi connectivity index (χ1v) is 7.81. The zero-order valence-electron chi connectivity index (χ0n) is 11.6. The molecule has 2 aromatic heterocycles. The van der Waals surface area contributed by atoms with Crippen molar-refractivity contribution in [3.63, 3.8) is 0 Å². The second-order valence-electron chi connectivity index (χ2n) is 4.84. The Bertz CT molecular complexity index is 865. The zero-order valence-corrected chi connectivity index (χ0v) is 12.5. The van der Waals surface area contributed by atoms with E-state index < -0.39 is 0 Å². The van der Waals surface area contributed by atoms with Gasteiger partial charge in [0.05, 0.1) is 4.88 Å². The van der Waals surface area contributed by atoms with Crippen molar-refractivity contribution < 1.29 is 4.52 Å². The third-order valence-electron chi connectivity index (χ3n) is 3.41. The number of hydrogen-bond acceptors (Lipinski definition) is 4. The van der Waals surface area contributed by atoms with E-state index in [0.29, 0.717) is 11.7 Å². The standard InChI is InChI=1S/C18H12N2OS/c1-2-5-13(6-3-1)14-8-10-15(11-9-14)18-19-17(20-21-18)16-7-4-12-22-16/h1-12H. The molecule has 0 aliphatic rings. The smallest absolute Gasteiger partial charge is 0.258 e. The van der Waals surface area contributed by atoms with Gasteiger partial charge in [-0.3, -0.25) is 0 Å². The van der Waals surface area contributed by atoms with E-state index in [4.69, 9.17) is 4.52 Å². The van der Waals surface area contributed by atoms with Crippen molar-refractivity contribution in [2.24, 2.45) is 0 Å². The molecule has 106 valence electrons. The van der Waals surface area contributed by atoms with Crippen LogP contribution in [0.15, 0.2) is 76.6 Å². The van der Waals surface area contributed by atoms with Crippen LogP contribution in [0.2, 0.25) is 0 Å². The lowest BCUT2D eigenvalue weighted by molar-refractivity contribution is 0.432. The summed E-state index contributed by atoms with van der Waals surface area (Å²) < 4.78 is 5.37. The molecule has 0 bridgehead atoms. The minimum atomic E-state index is 0.544. The van der Waals surface area contributed by atoms with Crippen LogP contribution in [-0.4, -0.2) is 10.1 Å². The van der Waals surface area contributed by atoms with Crippen LogP contribution < -0.4 is 0 Å². The molecule has 0 saturated heterocycles. The van der Waals surface area contributed by atoms with Crippen molar-refractivity contribution in [1.82, 2.24) is 10.1 Å². The molecule has 2 heterocycles. The largest absolute Gasteiger partial charge is 0.334 e. The summed E-state index contributed by atoms with van der Waals surface area (Å²) in [4.78, 5) is 5.47. The van der Waals surface area contributed by atoms with E-state index in [1.807, 2.05) is 47.8 Å². The fraction of sp³-hybridized carbons (Fsp3) is 0. The van der Waals surface area contributed by atoms with Crippen LogP contribution in [0, 0.1) is 0 Å². The Hall–Kier alpha value is -2.72. The molecular weight excluding hydrogens is 292 g/mol. The zero-order chi connectivity index (χ0) is 14.8. The van der Waals surface area contributed by atoms with Crippen LogP contribution in [0.3, 0.4) is 0 Å². The normalized spacial score (nSPS) is 10.7. The molecule has 0 fully saturated rings. The summed E-state index contributed by atoms with van der Waals surface area (Å²) in [6.07, 6.45) is 0. The van der Waals surface area contributed by atoms with Crippen LogP contribution in [0.1, 0.15) is 0 Å². The summed E-state index contributed by atoms with van der Waals surface area (Å²) in [7, 11) is 0. The third-order valence-corrected chi connectivity index (χ3v) is 4.27. The maximum absolute atomic E-state index is 5.37. The van der Waals surface area contributed by atoms with Crippen LogP contribution in [-0.2, 0) is 0 Å². The number of thiophene rings is 1. The van der Waals surface area contributed by atoms with Gasteiger partial charge in [-0.05, 0) is 34.7 Å². The molecule has 22 heavy (non-hydrogen) atoms. The first-order chi connectivity index (χ1) is 10.9. The lowest BCUT2D eigenvalue weighted by Gasteiger charge is -2.01.